The van der Waals surface area contributed by atoms with Gasteiger partial charge in [-0.1, -0.05) is 39.7 Å². The van der Waals surface area contributed by atoms with Crippen molar-refractivity contribution in [3.8, 4) is 0 Å². The zero-order valence-electron chi connectivity index (χ0n) is 9.11. The Bertz CT molecular complexity index is 412. The Labute approximate surface area is 113 Å². The topological polar surface area (TPSA) is 50.4 Å². The first-order chi connectivity index (χ1) is 8.13. The van der Waals surface area contributed by atoms with Gasteiger partial charge < -0.3 is 4.74 Å². The number of halogens is 2. The van der Waals surface area contributed by atoms with Crippen molar-refractivity contribution in [2.75, 3.05) is 7.11 Å². The molecule has 1 aliphatic heterocycles. The molecule has 1 fully saturated rings. The Balaban J connectivity index is 2.14. The van der Waals surface area contributed by atoms with Crippen LogP contribution in [0.4, 0.5) is 0 Å². The van der Waals surface area contributed by atoms with E-state index in [1.807, 2.05) is 24.3 Å². The van der Waals surface area contributed by atoms with Gasteiger partial charge in [0.05, 0.1) is 18.0 Å². The van der Waals surface area contributed by atoms with Crippen LogP contribution in [0, 0.1) is 0 Å². The molecule has 1 aliphatic rings. The number of rotatable bonds is 2. The van der Waals surface area contributed by atoms with Crippen LogP contribution in [0.15, 0.2) is 24.3 Å². The second kappa shape index (κ2) is 5.35. The SMILES string of the molecule is COC(=O)C1NNC(c2ccc(Cl)cc2)C1Br. The van der Waals surface area contributed by atoms with E-state index < -0.39 is 6.04 Å². The Kier molecular flexibility index (Phi) is 4.04. The van der Waals surface area contributed by atoms with Gasteiger partial charge in [0.15, 0.2) is 0 Å². The zero-order valence-corrected chi connectivity index (χ0v) is 11.5. The van der Waals surface area contributed by atoms with Crippen molar-refractivity contribution < 1.29 is 9.53 Å². The molecule has 3 unspecified atom stereocenters. The molecule has 1 aromatic rings. The average Bonchev–Trinajstić information content (AvgIpc) is 2.71. The molecule has 0 amide bonds. The molecular weight excluding hydrogens is 307 g/mol. The molecule has 0 radical (unpaired) electrons. The van der Waals surface area contributed by atoms with Crippen LogP contribution in [-0.2, 0) is 9.53 Å². The van der Waals surface area contributed by atoms with E-state index >= 15 is 0 Å². The minimum atomic E-state index is -0.402. The third-order valence-electron chi connectivity index (χ3n) is 2.72. The van der Waals surface area contributed by atoms with E-state index in [-0.39, 0.29) is 16.8 Å². The number of hydrogen-bond donors (Lipinski definition) is 2. The Morgan fingerprint density at radius 2 is 2.00 bits per heavy atom. The largest absolute Gasteiger partial charge is 0.468 e. The Hall–Kier alpha value is -0.620. The third kappa shape index (κ3) is 2.63. The maximum Gasteiger partial charge on any atom is 0.325 e. The van der Waals surface area contributed by atoms with E-state index in [2.05, 4.69) is 26.8 Å². The van der Waals surface area contributed by atoms with E-state index in [0.717, 1.165) is 5.56 Å². The van der Waals surface area contributed by atoms with Gasteiger partial charge in [0.2, 0.25) is 0 Å². The van der Waals surface area contributed by atoms with Crippen LogP contribution >= 0.6 is 27.5 Å². The van der Waals surface area contributed by atoms with E-state index in [1.54, 1.807) is 0 Å². The summed E-state index contributed by atoms with van der Waals surface area (Å²) in [5.41, 5.74) is 7.03. The summed E-state index contributed by atoms with van der Waals surface area (Å²) in [5, 5.41) is 0.690. The summed E-state index contributed by atoms with van der Waals surface area (Å²) in [5.74, 6) is -0.296. The van der Waals surface area contributed by atoms with Gasteiger partial charge in [0.1, 0.15) is 6.04 Å². The Morgan fingerprint density at radius 1 is 1.35 bits per heavy atom. The molecule has 3 atom stereocenters. The standard InChI is InChI=1S/C11H12BrClN2O2/c1-17-11(16)10-8(12)9(14-15-10)6-2-4-7(13)5-3-6/h2-5,8-10,14-15H,1H3. The van der Waals surface area contributed by atoms with Crippen LogP contribution in [0.2, 0.25) is 5.02 Å². The molecule has 17 heavy (non-hydrogen) atoms. The van der Waals surface area contributed by atoms with Crippen molar-refractivity contribution in [3.63, 3.8) is 0 Å². The smallest absolute Gasteiger partial charge is 0.325 e. The number of benzene rings is 1. The molecular formula is C11H12BrClN2O2. The average molecular weight is 320 g/mol. The highest BCUT2D eigenvalue weighted by Gasteiger charge is 2.39. The number of carbonyl (C=O) groups excluding carboxylic acids is 1. The molecule has 2 rings (SSSR count). The first-order valence-corrected chi connectivity index (χ1v) is 6.41. The van der Waals surface area contributed by atoms with E-state index in [9.17, 15) is 4.79 Å². The van der Waals surface area contributed by atoms with E-state index in [4.69, 9.17) is 16.3 Å². The van der Waals surface area contributed by atoms with Gasteiger partial charge in [-0.15, -0.1) is 0 Å². The highest BCUT2D eigenvalue weighted by atomic mass is 79.9. The molecule has 1 aromatic carbocycles. The summed E-state index contributed by atoms with van der Waals surface area (Å²) in [6, 6.07) is 7.09. The van der Waals surface area contributed by atoms with Gasteiger partial charge in [-0.25, -0.2) is 10.9 Å². The summed E-state index contributed by atoms with van der Waals surface area (Å²) in [6.07, 6.45) is 0. The summed E-state index contributed by atoms with van der Waals surface area (Å²) in [7, 11) is 1.37. The molecule has 0 saturated carbocycles. The monoisotopic (exact) mass is 318 g/mol. The fourth-order valence-corrected chi connectivity index (χ4v) is 2.70. The second-order valence-corrected chi connectivity index (χ2v) is 5.26. The number of methoxy groups -OCH3 is 1. The lowest BCUT2D eigenvalue weighted by Crippen LogP contribution is -2.39. The number of carbonyl (C=O) groups is 1. The number of hydrazine groups is 1. The van der Waals surface area contributed by atoms with E-state index in [1.165, 1.54) is 7.11 Å². The molecule has 6 heteroatoms. The highest BCUT2D eigenvalue weighted by Crippen LogP contribution is 2.29. The minimum absolute atomic E-state index is 0.00336. The van der Waals surface area contributed by atoms with Crippen molar-refractivity contribution in [2.45, 2.75) is 16.9 Å². The van der Waals surface area contributed by atoms with Crippen molar-refractivity contribution >= 4 is 33.5 Å². The van der Waals surface area contributed by atoms with Crippen molar-refractivity contribution in [3.05, 3.63) is 34.9 Å². The second-order valence-electron chi connectivity index (χ2n) is 3.76. The predicted octanol–water partition coefficient (Wildman–Crippen LogP) is 1.79. The molecule has 1 heterocycles. The quantitative estimate of drug-likeness (QED) is 0.645. The van der Waals surface area contributed by atoms with Crippen LogP contribution in [0.3, 0.4) is 0 Å². The number of ether oxygens (including phenoxy) is 1. The lowest BCUT2D eigenvalue weighted by molar-refractivity contribution is -0.142. The van der Waals surface area contributed by atoms with Crippen LogP contribution in [0.1, 0.15) is 11.6 Å². The van der Waals surface area contributed by atoms with Crippen molar-refractivity contribution in [1.29, 1.82) is 0 Å². The first kappa shape index (κ1) is 12.8. The summed E-state index contributed by atoms with van der Waals surface area (Å²) >= 11 is 9.34. The number of nitrogens with one attached hydrogen (secondary N) is 2. The molecule has 4 nitrogen and oxygen atoms in total. The molecule has 0 aliphatic carbocycles. The predicted molar refractivity (Wildman–Crippen MR) is 69.0 cm³/mol. The van der Waals surface area contributed by atoms with Crippen molar-refractivity contribution in [1.82, 2.24) is 10.9 Å². The van der Waals surface area contributed by atoms with Gasteiger partial charge >= 0.3 is 5.97 Å². The summed E-state index contributed by atoms with van der Waals surface area (Å²) in [4.78, 5) is 11.4. The number of alkyl halides is 1. The van der Waals surface area contributed by atoms with Crippen LogP contribution in [-0.4, -0.2) is 23.9 Å². The van der Waals surface area contributed by atoms with Crippen LogP contribution < -0.4 is 10.9 Å². The van der Waals surface area contributed by atoms with Gasteiger partial charge in [-0.3, -0.25) is 4.79 Å². The summed E-state index contributed by atoms with van der Waals surface area (Å²) < 4.78 is 4.72. The van der Waals surface area contributed by atoms with Crippen molar-refractivity contribution in [2.24, 2.45) is 0 Å². The van der Waals surface area contributed by atoms with Crippen LogP contribution in [0.25, 0.3) is 0 Å². The van der Waals surface area contributed by atoms with Gasteiger partial charge in [-0.05, 0) is 17.7 Å². The lowest BCUT2D eigenvalue weighted by atomic mass is 10.0. The first-order valence-electron chi connectivity index (χ1n) is 5.12. The maximum absolute atomic E-state index is 11.5. The highest BCUT2D eigenvalue weighted by molar-refractivity contribution is 9.09. The van der Waals surface area contributed by atoms with Crippen LogP contribution in [0.5, 0.6) is 0 Å². The third-order valence-corrected chi connectivity index (χ3v) is 4.02. The number of esters is 1. The molecule has 1 saturated heterocycles. The van der Waals surface area contributed by atoms with Gasteiger partial charge in [0.25, 0.3) is 0 Å². The van der Waals surface area contributed by atoms with E-state index in [0.29, 0.717) is 5.02 Å². The lowest BCUT2D eigenvalue weighted by Gasteiger charge is -2.15. The molecule has 0 bridgehead atoms. The fourth-order valence-electron chi connectivity index (χ4n) is 1.78. The molecule has 2 N–H and O–H groups in total. The number of hydrogen-bond acceptors (Lipinski definition) is 4. The molecule has 0 aromatic heterocycles. The maximum atomic E-state index is 11.5. The summed E-state index contributed by atoms with van der Waals surface area (Å²) in [6.45, 7) is 0. The Morgan fingerprint density at radius 3 is 2.59 bits per heavy atom. The molecule has 0 spiro atoms. The fraction of sp³-hybridized carbons (Fsp3) is 0.364. The normalized spacial score (nSPS) is 28.1. The zero-order chi connectivity index (χ0) is 12.4. The molecule has 92 valence electrons. The van der Waals surface area contributed by atoms with Gasteiger partial charge in [-0.2, -0.15) is 0 Å². The van der Waals surface area contributed by atoms with Gasteiger partial charge in [0, 0.05) is 5.02 Å². The minimum Gasteiger partial charge on any atom is -0.468 e.